The van der Waals surface area contributed by atoms with Crippen LogP contribution in [0.15, 0.2) is 35.5 Å². The highest BCUT2D eigenvalue weighted by Gasteiger charge is 2.62. The Balaban J connectivity index is 1.53. The summed E-state index contributed by atoms with van der Waals surface area (Å²) in [6, 6.07) is 7.09. The fraction of sp³-hybridized carbons (Fsp3) is 0.350. The van der Waals surface area contributed by atoms with Gasteiger partial charge in [0.25, 0.3) is 5.60 Å². The van der Waals surface area contributed by atoms with Gasteiger partial charge in [-0.15, -0.1) is 0 Å². The molecule has 158 valence electrons. The molecule has 3 heterocycles. The van der Waals surface area contributed by atoms with Gasteiger partial charge in [-0.3, -0.25) is 0 Å². The van der Waals surface area contributed by atoms with Gasteiger partial charge in [0.1, 0.15) is 5.60 Å². The number of fused-ring (bicyclic) bond motifs is 2. The van der Waals surface area contributed by atoms with E-state index in [1.54, 1.807) is 6.07 Å². The predicted molar refractivity (Wildman–Crippen MR) is 102 cm³/mol. The molecule has 1 atom stereocenters. The molecule has 1 saturated heterocycles. The van der Waals surface area contributed by atoms with Crippen LogP contribution in [0.1, 0.15) is 28.7 Å². The van der Waals surface area contributed by atoms with Crippen LogP contribution in [-0.4, -0.2) is 25.0 Å². The first kappa shape index (κ1) is 20.1. The van der Waals surface area contributed by atoms with Gasteiger partial charge >= 0.3 is 6.18 Å². The van der Waals surface area contributed by atoms with Crippen molar-refractivity contribution in [2.75, 3.05) is 13.1 Å². The standard InChI is InChI=1S/C20H14Cl2F4N2O2/c21-14-4-12(5-15(22)17(14)23)19(20(24,25)26)6-16(28-30-19)10-1-2-11-7-29-18(8-27-9-18)13(11)3-10/h1-5,27H,6-9H2/t19-/m0/s1. The lowest BCUT2D eigenvalue weighted by Gasteiger charge is -2.39. The predicted octanol–water partition coefficient (Wildman–Crippen LogP) is 5.04. The second-order valence-electron chi connectivity index (χ2n) is 7.64. The van der Waals surface area contributed by atoms with Gasteiger partial charge < -0.3 is 14.9 Å². The number of oxime groups is 1. The Hall–Kier alpha value is -1.87. The second kappa shape index (κ2) is 6.56. The van der Waals surface area contributed by atoms with Crippen LogP contribution in [0.5, 0.6) is 0 Å². The van der Waals surface area contributed by atoms with Crippen molar-refractivity contribution in [3.63, 3.8) is 0 Å². The summed E-state index contributed by atoms with van der Waals surface area (Å²) in [5.41, 5.74) is -1.08. The fourth-order valence-corrected chi connectivity index (χ4v) is 4.58. The van der Waals surface area contributed by atoms with E-state index in [1.165, 1.54) is 0 Å². The fourth-order valence-electron chi connectivity index (χ4n) is 4.09. The third-order valence-electron chi connectivity index (χ3n) is 5.90. The first-order chi connectivity index (χ1) is 14.2. The molecule has 3 aliphatic rings. The Morgan fingerprint density at radius 1 is 1.07 bits per heavy atom. The Morgan fingerprint density at radius 2 is 1.77 bits per heavy atom. The quantitative estimate of drug-likeness (QED) is 0.504. The number of hydrogen-bond acceptors (Lipinski definition) is 4. The maximum absolute atomic E-state index is 14.2. The molecule has 1 fully saturated rings. The van der Waals surface area contributed by atoms with Crippen molar-refractivity contribution in [3.05, 3.63) is 68.4 Å². The third-order valence-corrected chi connectivity index (χ3v) is 6.45. The molecule has 0 amide bonds. The molecule has 4 nitrogen and oxygen atoms in total. The molecule has 5 rings (SSSR count). The molecule has 0 aliphatic carbocycles. The van der Waals surface area contributed by atoms with E-state index < -0.39 is 45.2 Å². The third kappa shape index (κ3) is 2.77. The lowest BCUT2D eigenvalue weighted by atomic mass is 9.83. The van der Waals surface area contributed by atoms with Gasteiger partial charge in [-0.2, -0.15) is 13.2 Å². The topological polar surface area (TPSA) is 42.8 Å². The zero-order chi connectivity index (χ0) is 21.3. The summed E-state index contributed by atoms with van der Waals surface area (Å²) in [4.78, 5) is 5.00. The SMILES string of the molecule is Fc1c(Cl)cc([C@]2(C(F)(F)F)CC(c3ccc4c(c3)C3(CNC3)OC4)=NO2)cc1Cl. The summed E-state index contributed by atoms with van der Waals surface area (Å²) < 4.78 is 62.1. The number of rotatable bonds is 2. The minimum absolute atomic E-state index is 0.126. The molecule has 10 heteroatoms. The number of nitrogens with zero attached hydrogens (tertiary/aromatic N) is 1. The summed E-state index contributed by atoms with van der Waals surface area (Å²) in [5, 5.41) is 5.88. The number of halogens is 6. The van der Waals surface area contributed by atoms with Gasteiger partial charge in [0.15, 0.2) is 5.82 Å². The zero-order valence-electron chi connectivity index (χ0n) is 15.2. The molecule has 30 heavy (non-hydrogen) atoms. The lowest BCUT2D eigenvalue weighted by molar-refractivity contribution is -0.275. The van der Waals surface area contributed by atoms with Gasteiger partial charge in [-0.05, 0) is 34.9 Å². The molecular formula is C20H14Cl2F4N2O2. The lowest BCUT2D eigenvalue weighted by Crippen LogP contribution is -2.56. The van der Waals surface area contributed by atoms with E-state index in [1.807, 2.05) is 12.1 Å². The van der Waals surface area contributed by atoms with E-state index in [2.05, 4.69) is 10.5 Å². The summed E-state index contributed by atoms with van der Waals surface area (Å²) in [6.07, 6.45) is -5.44. The van der Waals surface area contributed by atoms with Crippen molar-refractivity contribution in [3.8, 4) is 0 Å². The van der Waals surface area contributed by atoms with Gasteiger partial charge in [0.05, 0.1) is 22.4 Å². The molecule has 0 bridgehead atoms. The molecule has 0 saturated carbocycles. The maximum Gasteiger partial charge on any atom is 0.435 e. The average Bonchev–Trinajstić information content (AvgIpc) is 3.27. The number of ether oxygens (including phenoxy) is 1. The molecular weight excluding hydrogens is 447 g/mol. The number of nitrogens with one attached hydrogen (secondary N) is 1. The van der Waals surface area contributed by atoms with Crippen molar-refractivity contribution in [2.45, 2.75) is 30.4 Å². The van der Waals surface area contributed by atoms with E-state index in [0.29, 0.717) is 25.3 Å². The Kier molecular flexibility index (Phi) is 4.39. The van der Waals surface area contributed by atoms with Crippen molar-refractivity contribution >= 4 is 28.9 Å². The van der Waals surface area contributed by atoms with Crippen molar-refractivity contribution < 1.29 is 27.1 Å². The van der Waals surface area contributed by atoms with Crippen LogP contribution in [0.4, 0.5) is 17.6 Å². The Bertz CT molecular complexity index is 1060. The Morgan fingerprint density at radius 3 is 2.37 bits per heavy atom. The van der Waals surface area contributed by atoms with Gasteiger partial charge in [0, 0.05) is 25.1 Å². The first-order valence-corrected chi connectivity index (χ1v) is 9.86. The summed E-state index contributed by atoms with van der Waals surface area (Å²) >= 11 is 11.5. The smallest absolute Gasteiger partial charge is 0.374 e. The molecule has 1 N–H and O–H groups in total. The highest BCUT2D eigenvalue weighted by Crippen LogP contribution is 2.50. The van der Waals surface area contributed by atoms with E-state index >= 15 is 0 Å². The van der Waals surface area contributed by atoms with Crippen LogP contribution in [0.25, 0.3) is 0 Å². The van der Waals surface area contributed by atoms with Gasteiger partial charge in [0.2, 0.25) is 0 Å². The summed E-state index contributed by atoms with van der Waals surface area (Å²) in [6.45, 7) is 1.75. The highest BCUT2D eigenvalue weighted by molar-refractivity contribution is 6.35. The normalized spacial score (nSPS) is 24.4. The average molecular weight is 461 g/mol. The largest absolute Gasteiger partial charge is 0.435 e. The van der Waals surface area contributed by atoms with Crippen LogP contribution in [0.3, 0.4) is 0 Å². The van der Waals surface area contributed by atoms with Gasteiger partial charge in [-0.25, -0.2) is 4.39 Å². The monoisotopic (exact) mass is 460 g/mol. The van der Waals surface area contributed by atoms with Crippen LogP contribution < -0.4 is 5.32 Å². The van der Waals surface area contributed by atoms with E-state index in [9.17, 15) is 17.6 Å². The highest BCUT2D eigenvalue weighted by atomic mass is 35.5. The summed E-state index contributed by atoms with van der Waals surface area (Å²) in [5.74, 6) is -0.989. The van der Waals surface area contributed by atoms with Crippen LogP contribution >= 0.6 is 23.2 Å². The van der Waals surface area contributed by atoms with Crippen LogP contribution in [-0.2, 0) is 27.4 Å². The van der Waals surface area contributed by atoms with Gasteiger partial charge in [-0.1, -0.05) is 40.5 Å². The van der Waals surface area contributed by atoms with E-state index in [-0.39, 0.29) is 5.71 Å². The number of alkyl halides is 3. The molecule has 0 unspecified atom stereocenters. The van der Waals surface area contributed by atoms with Crippen LogP contribution in [0, 0.1) is 5.82 Å². The number of benzene rings is 2. The van der Waals surface area contributed by atoms with E-state index in [4.69, 9.17) is 32.8 Å². The molecule has 2 aromatic rings. The molecule has 2 aromatic carbocycles. The molecule has 1 spiro atoms. The van der Waals surface area contributed by atoms with Crippen molar-refractivity contribution in [1.82, 2.24) is 5.32 Å². The van der Waals surface area contributed by atoms with Crippen molar-refractivity contribution in [1.29, 1.82) is 0 Å². The minimum Gasteiger partial charge on any atom is -0.374 e. The zero-order valence-corrected chi connectivity index (χ0v) is 16.8. The maximum atomic E-state index is 14.2. The minimum atomic E-state index is -4.85. The van der Waals surface area contributed by atoms with E-state index in [0.717, 1.165) is 23.3 Å². The number of hydrogen-bond donors (Lipinski definition) is 1. The van der Waals surface area contributed by atoms with Crippen LogP contribution in [0.2, 0.25) is 10.0 Å². The Labute approximate surface area is 178 Å². The molecule has 0 aromatic heterocycles. The molecule has 3 aliphatic heterocycles. The first-order valence-electron chi connectivity index (χ1n) is 9.10. The molecule has 0 radical (unpaired) electrons. The van der Waals surface area contributed by atoms with Crippen molar-refractivity contribution in [2.24, 2.45) is 5.16 Å². The second-order valence-corrected chi connectivity index (χ2v) is 8.46. The summed E-state index contributed by atoms with van der Waals surface area (Å²) in [7, 11) is 0.